The van der Waals surface area contributed by atoms with Crippen molar-refractivity contribution in [1.29, 1.82) is 0 Å². The number of hydrogen-bond donors (Lipinski definition) is 1. The molecule has 2 heterocycles. The molecule has 0 radical (unpaired) electrons. The molecule has 2 amide bonds. The Morgan fingerprint density at radius 2 is 1.92 bits per heavy atom. The van der Waals surface area contributed by atoms with Gasteiger partial charge >= 0.3 is 0 Å². The van der Waals surface area contributed by atoms with E-state index in [1.165, 1.54) is 0 Å². The van der Waals surface area contributed by atoms with Gasteiger partial charge in [-0.15, -0.1) is 0 Å². The third-order valence-corrected chi connectivity index (χ3v) is 4.38. The number of nitrogens with one attached hydrogen (secondary N) is 1. The Bertz CT molecular complexity index is 741. The number of carbonyl (C=O) groups excluding carboxylic acids is 2. The van der Waals surface area contributed by atoms with Crippen LogP contribution in [0.2, 0.25) is 0 Å². The van der Waals surface area contributed by atoms with E-state index in [0.717, 1.165) is 12.8 Å². The van der Waals surface area contributed by atoms with E-state index in [2.05, 4.69) is 10.3 Å². The Morgan fingerprint density at radius 3 is 2.60 bits per heavy atom. The van der Waals surface area contributed by atoms with Gasteiger partial charge in [-0.2, -0.15) is 0 Å². The highest BCUT2D eigenvalue weighted by molar-refractivity contribution is 5.97. The average molecular weight is 339 g/mol. The van der Waals surface area contributed by atoms with E-state index in [1.54, 1.807) is 43.8 Å². The van der Waals surface area contributed by atoms with Crippen molar-refractivity contribution in [1.82, 2.24) is 15.2 Å². The number of likely N-dealkylation sites (tertiary alicyclic amines) is 1. The molecule has 1 fully saturated rings. The first kappa shape index (κ1) is 17.0. The lowest BCUT2D eigenvalue weighted by Crippen LogP contribution is -2.46. The molecule has 0 atom stereocenters. The maximum absolute atomic E-state index is 12.4. The highest BCUT2D eigenvalue weighted by atomic mass is 16.5. The number of para-hydroxylation sites is 1. The Hall–Kier alpha value is -2.89. The van der Waals surface area contributed by atoms with E-state index in [0.29, 0.717) is 30.0 Å². The second-order valence-electron chi connectivity index (χ2n) is 5.98. The molecule has 2 aromatic rings. The lowest BCUT2D eigenvalue weighted by Gasteiger charge is -2.32. The van der Waals surface area contributed by atoms with Crippen LogP contribution in [0.15, 0.2) is 48.8 Å². The summed E-state index contributed by atoms with van der Waals surface area (Å²) < 4.78 is 5.23. The highest BCUT2D eigenvalue weighted by Crippen LogP contribution is 2.19. The summed E-state index contributed by atoms with van der Waals surface area (Å²) in [6.07, 6.45) is 4.69. The van der Waals surface area contributed by atoms with Crippen LogP contribution in [0.3, 0.4) is 0 Å². The molecule has 0 spiro atoms. The number of aromatic nitrogens is 1. The van der Waals surface area contributed by atoms with E-state index in [9.17, 15) is 9.59 Å². The van der Waals surface area contributed by atoms with E-state index < -0.39 is 0 Å². The molecule has 1 aliphatic rings. The summed E-state index contributed by atoms with van der Waals surface area (Å²) >= 11 is 0. The van der Waals surface area contributed by atoms with Crippen molar-refractivity contribution in [3.63, 3.8) is 0 Å². The fourth-order valence-electron chi connectivity index (χ4n) is 2.99. The number of benzene rings is 1. The summed E-state index contributed by atoms with van der Waals surface area (Å²) in [5, 5.41) is 3.04. The zero-order valence-electron chi connectivity index (χ0n) is 14.1. The highest BCUT2D eigenvalue weighted by Gasteiger charge is 2.25. The number of hydrogen-bond acceptors (Lipinski definition) is 4. The molecule has 3 rings (SSSR count). The molecule has 0 unspecified atom stereocenters. The first-order chi connectivity index (χ1) is 12.2. The smallest absolute Gasteiger partial charge is 0.255 e. The summed E-state index contributed by atoms with van der Waals surface area (Å²) in [5.74, 6) is 0.404. The molecule has 6 nitrogen and oxygen atoms in total. The number of piperidine rings is 1. The summed E-state index contributed by atoms with van der Waals surface area (Å²) in [7, 11) is 1.55. The maximum Gasteiger partial charge on any atom is 0.255 e. The molecule has 130 valence electrons. The molecule has 0 aliphatic carbocycles. The number of rotatable bonds is 4. The standard InChI is InChI=1S/C19H21N3O3/c1-25-17-7-3-2-6-16(17)18(23)21-15-8-11-22(12-9-15)19(24)14-5-4-10-20-13-14/h2-7,10,13,15H,8-9,11-12H2,1H3,(H,21,23). The maximum atomic E-state index is 12.4. The van der Waals surface area contributed by atoms with E-state index in [4.69, 9.17) is 4.74 Å². The van der Waals surface area contributed by atoms with Crippen LogP contribution < -0.4 is 10.1 Å². The minimum absolute atomic E-state index is 0.0115. The Balaban J connectivity index is 1.56. The van der Waals surface area contributed by atoms with Crippen LogP contribution in [0.25, 0.3) is 0 Å². The van der Waals surface area contributed by atoms with Gasteiger partial charge in [0.15, 0.2) is 0 Å². The van der Waals surface area contributed by atoms with Crippen LogP contribution in [0.1, 0.15) is 33.6 Å². The van der Waals surface area contributed by atoms with Crippen molar-refractivity contribution in [2.45, 2.75) is 18.9 Å². The predicted molar refractivity (Wildman–Crippen MR) is 93.6 cm³/mol. The van der Waals surface area contributed by atoms with Gasteiger partial charge in [0, 0.05) is 31.5 Å². The molecular weight excluding hydrogens is 318 g/mol. The van der Waals surface area contributed by atoms with Gasteiger partial charge in [0.05, 0.1) is 18.2 Å². The fraction of sp³-hybridized carbons (Fsp3) is 0.316. The Labute approximate surface area is 146 Å². The molecule has 1 aromatic carbocycles. The van der Waals surface area contributed by atoms with Crippen LogP contribution in [-0.4, -0.2) is 47.9 Å². The van der Waals surface area contributed by atoms with E-state index >= 15 is 0 Å². The lowest BCUT2D eigenvalue weighted by molar-refractivity contribution is 0.0697. The topological polar surface area (TPSA) is 71.5 Å². The van der Waals surface area contributed by atoms with Crippen molar-refractivity contribution in [3.05, 3.63) is 59.9 Å². The van der Waals surface area contributed by atoms with E-state index in [-0.39, 0.29) is 17.9 Å². The number of amides is 2. The minimum Gasteiger partial charge on any atom is -0.496 e. The molecule has 6 heteroatoms. The third-order valence-electron chi connectivity index (χ3n) is 4.38. The van der Waals surface area contributed by atoms with Crippen LogP contribution in [0.5, 0.6) is 5.75 Å². The van der Waals surface area contributed by atoms with Gasteiger partial charge in [0.2, 0.25) is 0 Å². The van der Waals surface area contributed by atoms with Crippen LogP contribution in [0.4, 0.5) is 0 Å². The van der Waals surface area contributed by atoms with Crippen molar-refractivity contribution in [2.24, 2.45) is 0 Å². The second-order valence-corrected chi connectivity index (χ2v) is 5.98. The van der Waals surface area contributed by atoms with Crippen molar-refractivity contribution >= 4 is 11.8 Å². The summed E-state index contributed by atoms with van der Waals surface area (Å²) in [6, 6.07) is 10.7. The minimum atomic E-state index is -0.144. The first-order valence-corrected chi connectivity index (χ1v) is 8.32. The van der Waals surface area contributed by atoms with Crippen molar-refractivity contribution in [2.75, 3.05) is 20.2 Å². The quantitative estimate of drug-likeness (QED) is 0.926. The number of ether oxygens (including phenoxy) is 1. The molecule has 1 N–H and O–H groups in total. The average Bonchev–Trinajstić information content (AvgIpc) is 2.68. The summed E-state index contributed by atoms with van der Waals surface area (Å²) in [4.78, 5) is 30.7. The SMILES string of the molecule is COc1ccccc1C(=O)NC1CCN(C(=O)c2cccnc2)CC1. The Kier molecular flexibility index (Phi) is 5.28. The Morgan fingerprint density at radius 1 is 1.16 bits per heavy atom. The summed E-state index contributed by atoms with van der Waals surface area (Å²) in [6.45, 7) is 1.23. The number of methoxy groups -OCH3 is 1. The molecular formula is C19H21N3O3. The zero-order valence-corrected chi connectivity index (χ0v) is 14.1. The zero-order chi connectivity index (χ0) is 17.6. The third kappa shape index (κ3) is 3.96. The fourth-order valence-corrected chi connectivity index (χ4v) is 2.99. The molecule has 1 aromatic heterocycles. The normalized spacial score (nSPS) is 14.8. The van der Waals surface area contributed by atoms with Crippen molar-refractivity contribution < 1.29 is 14.3 Å². The van der Waals surface area contributed by atoms with Gasteiger partial charge in [0.1, 0.15) is 5.75 Å². The molecule has 1 saturated heterocycles. The van der Waals surface area contributed by atoms with Gasteiger partial charge in [-0.25, -0.2) is 0 Å². The molecule has 0 bridgehead atoms. The largest absolute Gasteiger partial charge is 0.496 e. The number of carbonyl (C=O) groups is 2. The monoisotopic (exact) mass is 339 g/mol. The van der Waals surface area contributed by atoms with Gasteiger partial charge in [-0.05, 0) is 37.1 Å². The van der Waals surface area contributed by atoms with Crippen molar-refractivity contribution in [3.8, 4) is 5.75 Å². The van der Waals surface area contributed by atoms with Crippen LogP contribution in [0, 0.1) is 0 Å². The molecule has 25 heavy (non-hydrogen) atoms. The van der Waals surface area contributed by atoms with Crippen LogP contribution >= 0.6 is 0 Å². The lowest BCUT2D eigenvalue weighted by atomic mass is 10.0. The molecule has 1 aliphatic heterocycles. The first-order valence-electron chi connectivity index (χ1n) is 8.32. The van der Waals surface area contributed by atoms with Gasteiger partial charge in [0.25, 0.3) is 11.8 Å². The van der Waals surface area contributed by atoms with Gasteiger partial charge in [-0.1, -0.05) is 12.1 Å². The van der Waals surface area contributed by atoms with Crippen LogP contribution in [-0.2, 0) is 0 Å². The molecule has 0 saturated carbocycles. The second kappa shape index (κ2) is 7.79. The van der Waals surface area contributed by atoms with Gasteiger partial charge in [-0.3, -0.25) is 14.6 Å². The number of nitrogens with zero attached hydrogens (tertiary/aromatic N) is 2. The predicted octanol–water partition coefficient (Wildman–Crippen LogP) is 2.12. The number of pyridine rings is 1. The van der Waals surface area contributed by atoms with E-state index in [1.807, 2.05) is 17.0 Å². The summed E-state index contributed by atoms with van der Waals surface area (Å²) in [5.41, 5.74) is 1.12. The van der Waals surface area contributed by atoms with Gasteiger partial charge < -0.3 is 15.0 Å².